The molecule has 0 N–H and O–H groups in total. The highest BCUT2D eigenvalue weighted by atomic mass is 19.4. The number of nitrogens with zero attached hydrogens (tertiary/aromatic N) is 1. The topological polar surface area (TPSA) is 85.9 Å². The summed E-state index contributed by atoms with van der Waals surface area (Å²) in [4.78, 5) is 44.1. The Morgan fingerprint density at radius 2 is 1.73 bits per heavy atom. The second kappa shape index (κ2) is 9.80. The molecule has 1 aromatic heterocycles. The van der Waals surface area contributed by atoms with E-state index in [2.05, 4.69) is 4.99 Å². The van der Waals surface area contributed by atoms with Crippen LogP contribution in [-0.2, 0) is 15.7 Å². The first-order valence-corrected chi connectivity index (χ1v) is 11.6. The second-order valence-corrected chi connectivity index (χ2v) is 8.81. The van der Waals surface area contributed by atoms with Gasteiger partial charge < -0.3 is 9.15 Å². The highest BCUT2D eigenvalue weighted by Crippen LogP contribution is 2.43. The maximum absolute atomic E-state index is 13.8. The van der Waals surface area contributed by atoms with Crippen LogP contribution in [-0.4, -0.2) is 24.1 Å². The van der Waals surface area contributed by atoms with Gasteiger partial charge in [-0.15, -0.1) is 0 Å². The predicted molar refractivity (Wildman–Crippen MR) is 132 cm³/mol. The number of fused-ring (bicyclic) bond motifs is 1. The van der Waals surface area contributed by atoms with Crippen molar-refractivity contribution in [3.63, 3.8) is 0 Å². The Labute approximate surface area is 210 Å². The summed E-state index contributed by atoms with van der Waals surface area (Å²) in [5.74, 6) is -2.84. The Kier molecular flexibility index (Phi) is 6.90. The van der Waals surface area contributed by atoms with Crippen molar-refractivity contribution in [2.45, 2.75) is 39.8 Å². The largest absolute Gasteiger partial charge is 0.465 e. The molecule has 0 radical (unpaired) electrons. The van der Waals surface area contributed by atoms with Gasteiger partial charge in [0.25, 0.3) is 0 Å². The van der Waals surface area contributed by atoms with Gasteiger partial charge in [0.05, 0.1) is 17.6 Å². The van der Waals surface area contributed by atoms with Gasteiger partial charge in [0.2, 0.25) is 0 Å². The summed E-state index contributed by atoms with van der Waals surface area (Å²) >= 11 is 0. The average molecular weight is 511 g/mol. The summed E-state index contributed by atoms with van der Waals surface area (Å²) in [6.07, 6.45) is -4.56. The summed E-state index contributed by atoms with van der Waals surface area (Å²) in [6.45, 7) is 6.59. The molecule has 2 unspecified atom stereocenters. The van der Waals surface area contributed by atoms with E-state index >= 15 is 0 Å². The van der Waals surface area contributed by atoms with Gasteiger partial charge in [-0.3, -0.25) is 19.4 Å². The highest BCUT2D eigenvalue weighted by Gasteiger charge is 2.43. The van der Waals surface area contributed by atoms with Crippen molar-refractivity contribution in [3.8, 4) is 0 Å². The van der Waals surface area contributed by atoms with E-state index in [1.54, 1.807) is 45.9 Å². The van der Waals surface area contributed by atoms with E-state index in [9.17, 15) is 27.6 Å². The molecular formula is C28H24F3NO5. The van der Waals surface area contributed by atoms with Gasteiger partial charge in [-0.05, 0) is 45.9 Å². The molecule has 1 aliphatic rings. The van der Waals surface area contributed by atoms with Crippen LogP contribution in [0.25, 0.3) is 11.0 Å². The number of carbonyl (C=O) groups excluding carboxylic acids is 2. The third-order valence-corrected chi connectivity index (χ3v) is 6.33. The van der Waals surface area contributed by atoms with E-state index in [1.807, 2.05) is 0 Å². The van der Waals surface area contributed by atoms with Gasteiger partial charge in [0.15, 0.2) is 11.2 Å². The zero-order valence-electron chi connectivity index (χ0n) is 20.6. The Bertz CT molecular complexity index is 1510. The van der Waals surface area contributed by atoms with Crippen LogP contribution in [0.3, 0.4) is 0 Å². The maximum Gasteiger partial charge on any atom is 0.416 e. The van der Waals surface area contributed by atoms with E-state index in [0.717, 1.165) is 24.3 Å². The van der Waals surface area contributed by atoms with Gasteiger partial charge >= 0.3 is 12.1 Å². The Hall–Kier alpha value is -4.01. The third-order valence-electron chi connectivity index (χ3n) is 6.33. The van der Waals surface area contributed by atoms with Gasteiger partial charge in [-0.1, -0.05) is 24.3 Å². The SMILES string of the molecule is CCOC(=O)C1C(C)=NC(C)=C(C(=O)c2ccc(C(F)(F)F)cc2)C1c1cccc2c(=O)cc(C)oc12. The summed E-state index contributed by atoms with van der Waals surface area (Å²) in [5, 5.41) is 0.268. The monoisotopic (exact) mass is 511 g/mol. The van der Waals surface area contributed by atoms with Crippen LogP contribution in [0, 0.1) is 12.8 Å². The summed E-state index contributed by atoms with van der Waals surface area (Å²) < 4.78 is 50.5. The van der Waals surface area contributed by atoms with Gasteiger partial charge in [0.1, 0.15) is 17.3 Å². The van der Waals surface area contributed by atoms with E-state index in [4.69, 9.17) is 9.15 Å². The highest BCUT2D eigenvalue weighted by molar-refractivity contribution is 6.14. The van der Waals surface area contributed by atoms with E-state index in [-0.39, 0.29) is 34.1 Å². The van der Waals surface area contributed by atoms with E-state index < -0.39 is 35.3 Å². The second-order valence-electron chi connectivity index (χ2n) is 8.81. The molecule has 2 atom stereocenters. The predicted octanol–water partition coefficient (Wildman–Crippen LogP) is 6.01. The molecule has 9 heteroatoms. The fourth-order valence-corrected chi connectivity index (χ4v) is 4.73. The number of halogens is 3. The third kappa shape index (κ3) is 4.85. The minimum Gasteiger partial charge on any atom is -0.465 e. The molecule has 0 bridgehead atoms. The molecule has 6 nitrogen and oxygen atoms in total. The van der Waals surface area contributed by atoms with E-state index in [1.165, 1.54) is 6.07 Å². The van der Waals surface area contributed by atoms with Crippen LogP contribution in [0.4, 0.5) is 13.2 Å². The lowest BCUT2D eigenvalue weighted by Crippen LogP contribution is -2.36. The van der Waals surface area contributed by atoms with Gasteiger partial charge in [-0.25, -0.2) is 0 Å². The first kappa shape index (κ1) is 26.1. The summed E-state index contributed by atoms with van der Waals surface area (Å²) in [5.41, 5.74) is 0.261. The molecule has 0 fully saturated rings. The van der Waals surface area contributed by atoms with E-state index in [0.29, 0.717) is 22.7 Å². The van der Waals surface area contributed by atoms with Crippen LogP contribution in [0.15, 0.2) is 74.0 Å². The summed E-state index contributed by atoms with van der Waals surface area (Å²) in [7, 11) is 0. The van der Waals surface area contributed by atoms with Gasteiger partial charge in [-0.2, -0.15) is 13.2 Å². The number of allylic oxidation sites excluding steroid dienone is 2. The molecule has 3 aromatic rings. The fourth-order valence-electron chi connectivity index (χ4n) is 4.73. The first-order valence-electron chi connectivity index (χ1n) is 11.6. The number of para-hydroxylation sites is 1. The molecule has 192 valence electrons. The Morgan fingerprint density at radius 3 is 2.35 bits per heavy atom. The number of ether oxygens (including phenoxy) is 1. The molecule has 2 heterocycles. The Morgan fingerprint density at radius 1 is 1.05 bits per heavy atom. The number of alkyl halides is 3. The fraction of sp³-hybridized carbons (Fsp3) is 0.286. The molecule has 1 aliphatic heterocycles. The molecule has 4 rings (SSSR count). The molecular weight excluding hydrogens is 487 g/mol. The number of ketones is 1. The Balaban J connectivity index is 1.96. The van der Waals surface area contributed by atoms with Gasteiger partial charge in [0, 0.05) is 40.1 Å². The van der Waals surface area contributed by atoms with Crippen molar-refractivity contribution in [1.82, 2.24) is 0 Å². The number of esters is 1. The molecule has 0 saturated heterocycles. The number of benzene rings is 2. The van der Waals surface area contributed by atoms with Crippen LogP contribution >= 0.6 is 0 Å². The van der Waals surface area contributed by atoms with Crippen LogP contribution < -0.4 is 5.43 Å². The first-order chi connectivity index (χ1) is 17.4. The number of hydrogen-bond donors (Lipinski definition) is 0. The normalized spacial score (nSPS) is 18.1. The number of aryl methyl sites for hydroxylation is 1. The molecule has 0 spiro atoms. The number of rotatable bonds is 5. The van der Waals surface area contributed by atoms with Crippen molar-refractivity contribution in [1.29, 1.82) is 0 Å². The van der Waals surface area contributed by atoms with Crippen molar-refractivity contribution in [3.05, 3.63) is 92.5 Å². The number of carbonyl (C=O) groups is 2. The van der Waals surface area contributed by atoms with Crippen LogP contribution in [0.2, 0.25) is 0 Å². The maximum atomic E-state index is 13.8. The molecule has 0 amide bonds. The van der Waals surface area contributed by atoms with Crippen LogP contribution in [0.1, 0.15) is 53.9 Å². The zero-order chi connectivity index (χ0) is 27.1. The number of hydrogen-bond acceptors (Lipinski definition) is 6. The smallest absolute Gasteiger partial charge is 0.416 e. The minimum absolute atomic E-state index is 0.00239. The van der Waals surface area contributed by atoms with Crippen molar-refractivity contribution in [2.75, 3.05) is 6.61 Å². The lowest BCUT2D eigenvalue weighted by molar-refractivity contribution is -0.146. The average Bonchev–Trinajstić information content (AvgIpc) is 2.82. The zero-order valence-corrected chi connectivity index (χ0v) is 20.6. The molecule has 2 aromatic carbocycles. The van der Waals surface area contributed by atoms with Crippen molar-refractivity contribution >= 4 is 28.4 Å². The minimum atomic E-state index is -4.56. The lowest BCUT2D eigenvalue weighted by atomic mass is 9.73. The van der Waals surface area contributed by atoms with Crippen LogP contribution in [0.5, 0.6) is 0 Å². The molecule has 0 aliphatic carbocycles. The molecule has 0 saturated carbocycles. The standard InChI is InChI=1S/C28H24F3NO5/c1-5-36-27(35)23-16(4)32-15(3)22(25(34)17-9-11-18(12-10-17)28(29,30)31)24(23)20-8-6-7-19-21(33)13-14(2)37-26(19)20/h6-13,23-24H,5H2,1-4H3. The van der Waals surface area contributed by atoms with Crippen molar-refractivity contribution < 1.29 is 31.9 Å². The molecule has 37 heavy (non-hydrogen) atoms. The quantitative estimate of drug-likeness (QED) is 0.309. The number of Topliss-reactive ketones (excluding diaryl/α,β-unsaturated/α-hetero) is 1. The number of aliphatic imine (C=N–C) groups is 1. The lowest BCUT2D eigenvalue weighted by Gasteiger charge is -2.32. The summed E-state index contributed by atoms with van der Waals surface area (Å²) in [6, 6.07) is 10.1. The van der Waals surface area contributed by atoms with Crippen molar-refractivity contribution in [2.24, 2.45) is 10.9 Å².